The lowest BCUT2D eigenvalue weighted by atomic mass is 10.1. The highest BCUT2D eigenvalue weighted by Gasteiger charge is 2.22. The number of nitro groups is 1. The molecule has 3 aromatic carbocycles. The smallest absolute Gasteiger partial charge is 0.337 e. The SMILES string of the molecule is COC(=O)c1ccc([N+](=O)[O-])c(N(Cc2ccccc2)Cc2ccccc2)c1. The molecule has 3 rings (SSSR count). The van der Waals surface area contributed by atoms with Crippen molar-refractivity contribution in [1.82, 2.24) is 0 Å². The van der Waals surface area contributed by atoms with Gasteiger partial charge in [0, 0.05) is 19.2 Å². The molecule has 0 N–H and O–H groups in total. The van der Waals surface area contributed by atoms with Gasteiger partial charge < -0.3 is 9.64 Å². The molecule has 0 saturated carbocycles. The minimum Gasteiger partial charge on any atom is -0.465 e. The van der Waals surface area contributed by atoms with Crippen molar-refractivity contribution in [2.24, 2.45) is 0 Å². The molecule has 0 spiro atoms. The van der Waals surface area contributed by atoms with Crippen molar-refractivity contribution >= 4 is 17.3 Å². The van der Waals surface area contributed by atoms with Crippen molar-refractivity contribution in [3.05, 3.63) is 106 Å². The Morgan fingerprint density at radius 3 is 1.93 bits per heavy atom. The first kappa shape index (κ1) is 19.1. The van der Waals surface area contributed by atoms with Crippen LogP contribution in [0.1, 0.15) is 21.5 Å². The molecule has 0 fully saturated rings. The van der Waals surface area contributed by atoms with Gasteiger partial charge in [-0.3, -0.25) is 10.1 Å². The minimum atomic E-state index is -0.532. The second-order valence-electron chi connectivity index (χ2n) is 6.28. The van der Waals surface area contributed by atoms with Crippen LogP contribution >= 0.6 is 0 Å². The number of esters is 1. The van der Waals surface area contributed by atoms with Crippen LogP contribution in [0, 0.1) is 10.1 Å². The standard InChI is InChI=1S/C22H20N2O4/c1-28-22(25)19-12-13-20(24(26)27)21(14-19)23(15-17-8-4-2-5-9-17)16-18-10-6-3-7-11-18/h2-14H,15-16H2,1H3. The van der Waals surface area contributed by atoms with E-state index in [1.54, 1.807) is 0 Å². The summed E-state index contributed by atoms with van der Waals surface area (Å²) in [5, 5.41) is 11.6. The number of carbonyl (C=O) groups excluding carboxylic acids is 1. The molecule has 142 valence electrons. The van der Waals surface area contributed by atoms with Gasteiger partial charge in [-0.1, -0.05) is 60.7 Å². The van der Waals surface area contributed by atoms with Crippen molar-refractivity contribution in [2.75, 3.05) is 12.0 Å². The first-order valence-electron chi connectivity index (χ1n) is 8.78. The predicted octanol–water partition coefficient (Wildman–Crippen LogP) is 4.59. The molecular weight excluding hydrogens is 356 g/mol. The fraction of sp³-hybridized carbons (Fsp3) is 0.136. The maximum Gasteiger partial charge on any atom is 0.337 e. The zero-order valence-corrected chi connectivity index (χ0v) is 15.4. The third-order valence-electron chi connectivity index (χ3n) is 4.37. The van der Waals surface area contributed by atoms with Crippen molar-refractivity contribution in [3.63, 3.8) is 0 Å². The summed E-state index contributed by atoms with van der Waals surface area (Å²) < 4.78 is 4.78. The van der Waals surface area contributed by atoms with Gasteiger partial charge in [0.25, 0.3) is 5.69 Å². The molecule has 0 saturated heterocycles. The Bertz CT molecular complexity index is 917. The Morgan fingerprint density at radius 2 is 1.46 bits per heavy atom. The van der Waals surface area contributed by atoms with Crippen LogP contribution in [-0.4, -0.2) is 18.0 Å². The number of nitro benzene ring substituents is 1. The van der Waals surface area contributed by atoms with E-state index in [9.17, 15) is 14.9 Å². The van der Waals surface area contributed by atoms with Gasteiger partial charge in [-0.05, 0) is 23.3 Å². The summed E-state index contributed by atoms with van der Waals surface area (Å²) in [5.41, 5.74) is 2.61. The fourth-order valence-electron chi connectivity index (χ4n) is 3.01. The summed E-state index contributed by atoms with van der Waals surface area (Å²) >= 11 is 0. The maximum atomic E-state index is 12.0. The molecule has 6 heteroatoms. The number of carbonyl (C=O) groups is 1. The molecule has 3 aromatic rings. The maximum absolute atomic E-state index is 12.0. The molecule has 0 aliphatic rings. The quantitative estimate of drug-likeness (QED) is 0.343. The molecule has 0 radical (unpaired) electrons. The molecule has 28 heavy (non-hydrogen) atoms. The van der Waals surface area contributed by atoms with E-state index in [0.29, 0.717) is 18.8 Å². The summed E-state index contributed by atoms with van der Waals surface area (Å²) in [6.45, 7) is 0.919. The Labute approximate surface area is 163 Å². The van der Waals surface area contributed by atoms with Gasteiger partial charge in [0.15, 0.2) is 0 Å². The fourth-order valence-corrected chi connectivity index (χ4v) is 3.01. The minimum absolute atomic E-state index is 0.0560. The molecule has 0 atom stereocenters. The number of nitrogens with zero attached hydrogens (tertiary/aromatic N) is 2. The summed E-state index contributed by atoms with van der Waals surface area (Å²) in [7, 11) is 1.29. The molecule has 0 heterocycles. The van der Waals surface area contributed by atoms with E-state index in [0.717, 1.165) is 11.1 Å². The average Bonchev–Trinajstić information content (AvgIpc) is 2.73. The Kier molecular flexibility index (Phi) is 6.01. The van der Waals surface area contributed by atoms with E-state index < -0.39 is 10.9 Å². The second-order valence-corrected chi connectivity index (χ2v) is 6.28. The number of anilines is 1. The number of rotatable bonds is 7. The van der Waals surface area contributed by atoms with Gasteiger partial charge in [0.05, 0.1) is 17.6 Å². The topological polar surface area (TPSA) is 72.7 Å². The zero-order valence-electron chi connectivity index (χ0n) is 15.4. The van der Waals surface area contributed by atoms with Gasteiger partial charge in [-0.2, -0.15) is 0 Å². The average molecular weight is 376 g/mol. The molecule has 0 amide bonds. The van der Waals surface area contributed by atoms with E-state index in [4.69, 9.17) is 4.74 Å². The van der Waals surface area contributed by atoms with Crippen LogP contribution in [-0.2, 0) is 17.8 Å². The van der Waals surface area contributed by atoms with Gasteiger partial charge in [-0.15, -0.1) is 0 Å². The van der Waals surface area contributed by atoms with E-state index in [2.05, 4.69) is 0 Å². The molecule has 0 aliphatic carbocycles. The largest absolute Gasteiger partial charge is 0.465 e. The highest BCUT2D eigenvalue weighted by Crippen LogP contribution is 2.32. The third-order valence-corrected chi connectivity index (χ3v) is 4.37. The number of benzene rings is 3. The van der Waals surface area contributed by atoms with E-state index in [1.165, 1.54) is 25.3 Å². The van der Waals surface area contributed by atoms with Crippen LogP contribution in [0.15, 0.2) is 78.9 Å². The first-order valence-corrected chi connectivity index (χ1v) is 8.78. The first-order chi connectivity index (χ1) is 13.6. The van der Waals surface area contributed by atoms with Crippen LogP contribution in [0.3, 0.4) is 0 Å². The lowest BCUT2D eigenvalue weighted by Gasteiger charge is -2.25. The Hall–Kier alpha value is -3.67. The van der Waals surface area contributed by atoms with Gasteiger partial charge in [0.2, 0.25) is 0 Å². The molecule has 0 aliphatic heterocycles. The summed E-state index contributed by atoms with van der Waals surface area (Å²) in [6.07, 6.45) is 0. The van der Waals surface area contributed by atoms with E-state index in [-0.39, 0.29) is 11.3 Å². The van der Waals surface area contributed by atoms with Crippen LogP contribution in [0.2, 0.25) is 0 Å². The van der Waals surface area contributed by atoms with Crippen LogP contribution in [0.4, 0.5) is 11.4 Å². The molecule has 0 bridgehead atoms. The molecule has 0 unspecified atom stereocenters. The highest BCUT2D eigenvalue weighted by atomic mass is 16.6. The van der Waals surface area contributed by atoms with Crippen LogP contribution in [0.25, 0.3) is 0 Å². The summed E-state index contributed by atoms with van der Waals surface area (Å²) in [6, 6.07) is 23.7. The summed E-state index contributed by atoms with van der Waals surface area (Å²) in [4.78, 5) is 25.1. The Balaban J connectivity index is 2.07. The lowest BCUT2D eigenvalue weighted by Crippen LogP contribution is -2.23. The van der Waals surface area contributed by atoms with E-state index >= 15 is 0 Å². The molecular formula is C22H20N2O4. The number of hydrogen-bond acceptors (Lipinski definition) is 5. The molecule has 6 nitrogen and oxygen atoms in total. The van der Waals surface area contributed by atoms with Gasteiger partial charge >= 0.3 is 5.97 Å². The third kappa shape index (κ3) is 4.54. The van der Waals surface area contributed by atoms with Crippen molar-refractivity contribution in [1.29, 1.82) is 0 Å². The van der Waals surface area contributed by atoms with Crippen molar-refractivity contribution < 1.29 is 14.5 Å². The number of ether oxygens (including phenoxy) is 1. The van der Waals surface area contributed by atoms with Gasteiger partial charge in [-0.25, -0.2) is 4.79 Å². The number of hydrogen-bond donors (Lipinski definition) is 0. The molecule has 0 aromatic heterocycles. The zero-order chi connectivity index (χ0) is 19.9. The van der Waals surface area contributed by atoms with Gasteiger partial charge in [0.1, 0.15) is 5.69 Å². The van der Waals surface area contributed by atoms with Crippen LogP contribution < -0.4 is 4.90 Å². The van der Waals surface area contributed by atoms with Crippen molar-refractivity contribution in [3.8, 4) is 0 Å². The normalized spacial score (nSPS) is 10.3. The predicted molar refractivity (Wildman–Crippen MR) is 107 cm³/mol. The van der Waals surface area contributed by atoms with Crippen LogP contribution in [0.5, 0.6) is 0 Å². The Morgan fingerprint density at radius 1 is 0.929 bits per heavy atom. The van der Waals surface area contributed by atoms with Crippen molar-refractivity contribution in [2.45, 2.75) is 13.1 Å². The number of methoxy groups -OCH3 is 1. The summed E-state index contributed by atoms with van der Waals surface area (Å²) in [5.74, 6) is -0.532. The highest BCUT2D eigenvalue weighted by molar-refractivity contribution is 5.91. The second kappa shape index (κ2) is 8.81. The van der Waals surface area contributed by atoms with E-state index in [1.807, 2.05) is 65.6 Å². The monoisotopic (exact) mass is 376 g/mol. The lowest BCUT2D eigenvalue weighted by molar-refractivity contribution is -0.384.